The molecule has 0 saturated carbocycles. The van der Waals surface area contributed by atoms with Gasteiger partial charge in [0, 0.05) is 11.5 Å². The van der Waals surface area contributed by atoms with E-state index in [2.05, 4.69) is 0 Å². The Labute approximate surface area is 98.2 Å². The second kappa shape index (κ2) is 6.53. The van der Waals surface area contributed by atoms with E-state index < -0.39 is 23.8 Å². The average Bonchev–Trinajstić information content (AvgIpc) is 2.15. The zero-order chi connectivity index (χ0) is 11.6. The van der Waals surface area contributed by atoms with Crippen LogP contribution in [0.1, 0.15) is 34.1 Å². The molecular weight excluding hydrogens is 254 g/mol. The van der Waals surface area contributed by atoms with Crippen molar-refractivity contribution in [1.82, 2.24) is 6.15 Å². The highest BCUT2D eigenvalue weighted by atomic mass is 32.3. The number of rotatable bonds is 5. The second-order valence-electron chi connectivity index (χ2n) is 3.29. The third-order valence-corrected chi connectivity index (χ3v) is 8.97. The van der Waals surface area contributed by atoms with Crippen molar-refractivity contribution >= 4 is 19.7 Å². The summed E-state index contributed by atoms with van der Waals surface area (Å²) in [6.07, 6.45) is 0.0966. The van der Waals surface area contributed by atoms with E-state index in [-0.39, 0.29) is 29.6 Å². The van der Waals surface area contributed by atoms with E-state index in [0.717, 1.165) is 0 Å². The Morgan fingerprint density at radius 1 is 0.875 bits per heavy atom. The maximum atomic E-state index is 11.7. The van der Waals surface area contributed by atoms with E-state index in [4.69, 9.17) is 0 Å². The first-order valence-electron chi connectivity index (χ1n) is 4.63. The monoisotopic (exact) mass is 277 g/mol. The van der Waals surface area contributed by atoms with Crippen molar-refractivity contribution in [3.63, 3.8) is 0 Å². The Kier molecular flexibility index (Phi) is 8.63. The minimum atomic E-state index is -3.57. The molecule has 8 heteroatoms. The van der Waals surface area contributed by atoms with Gasteiger partial charge in [0.1, 0.15) is 0 Å². The van der Waals surface area contributed by atoms with Gasteiger partial charge in [-0.2, -0.15) is 0 Å². The van der Waals surface area contributed by atoms with Gasteiger partial charge < -0.3 is 11.6 Å². The molecular formula is C8H23NO5S2. The van der Waals surface area contributed by atoms with Crippen LogP contribution in [0.5, 0.6) is 0 Å². The summed E-state index contributed by atoms with van der Waals surface area (Å²) >= 11 is 0. The summed E-state index contributed by atoms with van der Waals surface area (Å²) in [7, 11) is -7.14. The molecule has 0 saturated heterocycles. The number of hydrogen-bond donors (Lipinski definition) is 1. The molecule has 0 aliphatic rings. The Bertz CT molecular complexity index is 351. The number of sulfone groups is 2. The smallest absolute Gasteiger partial charge is 0.170 e. The van der Waals surface area contributed by atoms with Crippen molar-refractivity contribution in [3.8, 4) is 0 Å². The average molecular weight is 277 g/mol. The van der Waals surface area contributed by atoms with Crippen LogP contribution < -0.4 is 6.15 Å². The largest absolute Gasteiger partial charge is 0.412 e. The molecule has 0 spiro atoms. The molecule has 0 radical (unpaired) electrons. The van der Waals surface area contributed by atoms with Gasteiger partial charge in [0.15, 0.2) is 23.8 Å². The van der Waals surface area contributed by atoms with Gasteiger partial charge in [0.25, 0.3) is 0 Å². The van der Waals surface area contributed by atoms with Crippen LogP contribution in [0.2, 0.25) is 0 Å². The molecule has 0 heterocycles. The van der Waals surface area contributed by atoms with Crippen LogP contribution in [0.4, 0.5) is 0 Å². The fourth-order valence-corrected chi connectivity index (χ4v) is 5.60. The molecule has 0 atom stereocenters. The summed E-state index contributed by atoms with van der Waals surface area (Å²) in [5, 5.41) is 0. The van der Waals surface area contributed by atoms with Gasteiger partial charge in [-0.3, -0.25) is 0 Å². The van der Waals surface area contributed by atoms with Crippen LogP contribution in [-0.4, -0.2) is 37.9 Å². The lowest BCUT2D eigenvalue weighted by Gasteiger charge is -2.26. The van der Waals surface area contributed by atoms with Gasteiger partial charge in [-0.25, -0.2) is 16.8 Å². The van der Waals surface area contributed by atoms with Crippen LogP contribution in [0.25, 0.3) is 0 Å². The van der Waals surface area contributed by atoms with E-state index in [1.54, 1.807) is 6.92 Å². The van der Waals surface area contributed by atoms with Crippen molar-refractivity contribution < 1.29 is 22.3 Å². The minimum absolute atomic E-state index is 0. The third-order valence-electron chi connectivity index (χ3n) is 2.72. The maximum absolute atomic E-state index is 11.7. The summed E-state index contributed by atoms with van der Waals surface area (Å²) in [4.78, 5) is 0. The summed E-state index contributed by atoms with van der Waals surface area (Å²) in [5.41, 5.74) is 0. The van der Waals surface area contributed by atoms with Crippen LogP contribution in [0, 0.1) is 0 Å². The van der Waals surface area contributed by atoms with E-state index in [9.17, 15) is 16.8 Å². The standard InChI is InChI=1S/C8H18O4S2.H3N.H2O/c1-5-8(4,13(9,10)6-2)14(11,12)7-3;;/h5-7H2,1-4H3;1H3;1H2. The topological polar surface area (TPSA) is 135 Å². The van der Waals surface area contributed by atoms with Gasteiger partial charge in [0.05, 0.1) is 0 Å². The zero-order valence-electron chi connectivity index (χ0n) is 10.3. The van der Waals surface area contributed by atoms with Crippen molar-refractivity contribution in [2.45, 2.75) is 38.2 Å². The first-order chi connectivity index (χ1) is 6.18. The Morgan fingerprint density at radius 3 is 1.25 bits per heavy atom. The van der Waals surface area contributed by atoms with Crippen LogP contribution in [0.3, 0.4) is 0 Å². The molecule has 0 aliphatic carbocycles. The SMILES string of the molecule is CCC(C)(S(=O)(=O)CC)S(=O)(=O)CC.N.O. The Balaban J connectivity index is -0.000000845. The van der Waals surface area contributed by atoms with Crippen LogP contribution >= 0.6 is 0 Å². The summed E-state index contributed by atoms with van der Waals surface area (Å²) in [5.74, 6) is -0.285. The molecule has 0 bridgehead atoms. The lowest BCUT2D eigenvalue weighted by atomic mass is 10.4. The maximum Gasteiger partial charge on any atom is 0.170 e. The highest BCUT2D eigenvalue weighted by Gasteiger charge is 2.47. The molecule has 6 nitrogen and oxygen atoms in total. The molecule has 0 rings (SSSR count). The van der Waals surface area contributed by atoms with Crippen molar-refractivity contribution in [3.05, 3.63) is 0 Å². The van der Waals surface area contributed by atoms with Gasteiger partial charge in [-0.05, 0) is 13.3 Å². The van der Waals surface area contributed by atoms with Gasteiger partial charge in [0.2, 0.25) is 0 Å². The van der Waals surface area contributed by atoms with E-state index >= 15 is 0 Å². The Hall–Kier alpha value is -0.180. The lowest BCUT2D eigenvalue weighted by molar-refractivity contribution is 0.543. The van der Waals surface area contributed by atoms with Gasteiger partial charge in [-0.1, -0.05) is 20.8 Å². The highest BCUT2D eigenvalue weighted by Crippen LogP contribution is 2.29. The Morgan fingerprint density at radius 2 is 1.12 bits per heavy atom. The lowest BCUT2D eigenvalue weighted by Crippen LogP contribution is -2.44. The van der Waals surface area contributed by atoms with Gasteiger partial charge >= 0.3 is 0 Å². The summed E-state index contributed by atoms with van der Waals surface area (Å²) in [6.45, 7) is 5.81. The number of hydrogen-bond acceptors (Lipinski definition) is 5. The zero-order valence-corrected chi connectivity index (χ0v) is 11.9. The fourth-order valence-electron chi connectivity index (χ4n) is 1.24. The molecule has 0 aliphatic heterocycles. The van der Waals surface area contributed by atoms with E-state index in [1.807, 2.05) is 0 Å². The molecule has 0 amide bonds. The van der Waals surface area contributed by atoms with Gasteiger partial charge in [-0.15, -0.1) is 0 Å². The van der Waals surface area contributed by atoms with E-state index in [0.29, 0.717) is 0 Å². The van der Waals surface area contributed by atoms with E-state index in [1.165, 1.54) is 20.8 Å². The molecule has 102 valence electrons. The quantitative estimate of drug-likeness (QED) is 0.771. The van der Waals surface area contributed by atoms with Crippen molar-refractivity contribution in [2.24, 2.45) is 0 Å². The van der Waals surface area contributed by atoms with Crippen LogP contribution in [0.15, 0.2) is 0 Å². The summed E-state index contributed by atoms with van der Waals surface area (Å²) < 4.78 is 45.1. The molecule has 0 aromatic rings. The predicted octanol–water partition coefficient (Wildman–Crippen LogP) is 0.319. The first-order valence-corrected chi connectivity index (χ1v) is 7.93. The molecule has 5 N–H and O–H groups in total. The molecule has 16 heavy (non-hydrogen) atoms. The minimum Gasteiger partial charge on any atom is -0.412 e. The third kappa shape index (κ3) is 3.16. The highest BCUT2D eigenvalue weighted by molar-refractivity contribution is 8.10. The molecule has 0 fully saturated rings. The van der Waals surface area contributed by atoms with Crippen LogP contribution in [-0.2, 0) is 19.7 Å². The fraction of sp³-hybridized carbons (Fsp3) is 1.00. The second-order valence-corrected chi connectivity index (χ2v) is 8.97. The molecule has 0 aromatic heterocycles. The predicted molar refractivity (Wildman–Crippen MR) is 66.3 cm³/mol. The normalized spacial score (nSPS) is 12.5. The molecule has 0 aromatic carbocycles. The van der Waals surface area contributed by atoms with Crippen molar-refractivity contribution in [1.29, 1.82) is 0 Å². The summed E-state index contributed by atoms with van der Waals surface area (Å²) in [6, 6.07) is 0. The first kappa shape index (κ1) is 21.1. The molecule has 0 unspecified atom stereocenters. The van der Waals surface area contributed by atoms with Crippen molar-refractivity contribution in [2.75, 3.05) is 11.5 Å².